The number of carbonyl (C=O) groups is 2. The molecule has 2 rings (SSSR count). The van der Waals surface area contributed by atoms with E-state index in [9.17, 15) is 9.59 Å². The second-order valence-corrected chi connectivity index (χ2v) is 4.61. The fraction of sp³-hybridized carbons (Fsp3) is 0.429. The molecule has 1 aliphatic carbocycles. The van der Waals surface area contributed by atoms with Crippen molar-refractivity contribution in [2.75, 3.05) is 7.11 Å². The van der Waals surface area contributed by atoms with E-state index in [-0.39, 0.29) is 17.7 Å². The van der Waals surface area contributed by atoms with Crippen LogP contribution < -0.4 is 5.32 Å². The van der Waals surface area contributed by atoms with Crippen molar-refractivity contribution in [1.29, 1.82) is 0 Å². The van der Waals surface area contributed by atoms with Crippen molar-refractivity contribution in [3.8, 4) is 0 Å². The van der Waals surface area contributed by atoms with Gasteiger partial charge in [0.25, 0.3) is 0 Å². The molecule has 96 valence electrons. The smallest absolute Gasteiger partial charge is 0.328 e. The molecule has 0 spiro atoms. The number of amides is 1. The van der Waals surface area contributed by atoms with E-state index in [1.165, 1.54) is 12.7 Å². The molecule has 1 fully saturated rings. The summed E-state index contributed by atoms with van der Waals surface area (Å²) in [6, 6.07) is 9.38. The number of hydrogen-bond acceptors (Lipinski definition) is 3. The molecule has 1 aromatic rings. The lowest BCUT2D eigenvalue weighted by Gasteiger charge is -2.11. The van der Waals surface area contributed by atoms with Gasteiger partial charge in [0.1, 0.15) is 6.04 Å². The zero-order valence-corrected chi connectivity index (χ0v) is 10.6. The van der Waals surface area contributed by atoms with Crippen LogP contribution in [0.15, 0.2) is 30.3 Å². The summed E-state index contributed by atoms with van der Waals surface area (Å²) in [6.45, 7) is 1.63. The van der Waals surface area contributed by atoms with E-state index in [4.69, 9.17) is 0 Å². The lowest BCUT2D eigenvalue weighted by molar-refractivity contribution is -0.144. The molecule has 3 atom stereocenters. The molecule has 0 radical (unpaired) electrons. The fourth-order valence-corrected chi connectivity index (χ4v) is 2.11. The molecule has 0 aliphatic heterocycles. The number of benzene rings is 1. The van der Waals surface area contributed by atoms with E-state index < -0.39 is 12.0 Å². The first kappa shape index (κ1) is 12.6. The van der Waals surface area contributed by atoms with Crippen molar-refractivity contribution in [2.24, 2.45) is 5.92 Å². The normalized spacial score (nSPS) is 23.0. The van der Waals surface area contributed by atoms with E-state index >= 15 is 0 Å². The van der Waals surface area contributed by atoms with Crippen molar-refractivity contribution in [1.82, 2.24) is 5.32 Å². The van der Waals surface area contributed by atoms with Gasteiger partial charge in [-0.15, -0.1) is 0 Å². The van der Waals surface area contributed by atoms with E-state index in [0.717, 1.165) is 6.42 Å². The summed E-state index contributed by atoms with van der Waals surface area (Å²) >= 11 is 0. The van der Waals surface area contributed by atoms with E-state index in [2.05, 4.69) is 10.1 Å². The summed E-state index contributed by atoms with van der Waals surface area (Å²) in [5, 5.41) is 2.68. The topological polar surface area (TPSA) is 55.4 Å². The summed E-state index contributed by atoms with van der Waals surface area (Å²) in [6.07, 6.45) is 0.851. The molecular formula is C14H17NO3. The molecule has 0 saturated heterocycles. The van der Waals surface area contributed by atoms with Gasteiger partial charge in [-0.25, -0.2) is 4.79 Å². The van der Waals surface area contributed by atoms with Crippen molar-refractivity contribution in [3.63, 3.8) is 0 Å². The zero-order valence-electron chi connectivity index (χ0n) is 10.6. The van der Waals surface area contributed by atoms with E-state index in [1.807, 2.05) is 30.3 Å². The van der Waals surface area contributed by atoms with Gasteiger partial charge in [0.2, 0.25) is 5.91 Å². The number of rotatable bonds is 4. The molecule has 1 amide bonds. The third-order valence-electron chi connectivity index (χ3n) is 3.27. The highest BCUT2D eigenvalue weighted by atomic mass is 16.5. The van der Waals surface area contributed by atoms with Gasteiger partial charge in [0.05, 0.1) is 7.11 Å². The fourth-order valence-electron chi connectivity index (χ4n) is 2.11. The van der Waals surface area contributed by atoms with Crippen LogP contribution in [0.4, 0.5) is 0 Å². The maximum Gasteiger partial charge on any atom is 0.328 e. The number of carbonyl (C=O) groups excluding carboxylic acids is 2. The Kier molecular flexibility index (Phi) is 3.65. The van der Waals surface area contributed by atoms with Gasteiger partial charge in [-0.3, -0.25) is 4.79 Å². The first-order valence-corrected chi connectivity index (χ1v) is 6.06. The number of esters is 1. The van der Waals surface area contributed by atoms with E-state index in [1.54, 1.807) is 6.92 Å². The average Bonchev–Trinajstić information content (AvgIpc) is 3.19. The molecule has 4 heteroatoms. The third kappa shape index (κ3) is 2.70. The molecule has 0 bridgehead atoms. The highest BCUT2D eigenvalue weighted by Crippen LogP contribution is 2.47. The first-order valence-electron chi connectivity index (χ1n) is 6.06. The first-order chi connectivity index (χ1) is 8.63. The molecule has 0 aromatic heterocycles. The second kappa shape index (κ2) is 5.21. The monoisotopic (exact) mass is 247 g/mol. The molecule has 1 N–H and O–H groups in total. The summed E-state index contributed by atoms with van der Waals surface area (Å²) in [5.41, 5.74) is 1.18. The van der Waals surface area contributed by atoms with Crippen LogP contribution in [0.25, 0.3) is 0 Å². The number of nitrogens with one attached hydrogen (secondary N) is 1. The molecule has 1 aromatic carbocycles. The zero-order chi connectivity index (χ0) is 13.1. The molecule has 18 heavy (non-hydrogen) atoms. The molecule has 1 aliphatic rings. The maximum atomic E-state index is 11.9. The Labute approximate surface area is 106 Å². The molecule has 4 nitrogen and oxygen atoms in total. The largest absolute Gasteiger partial charge is 0.467 e. The van der Waals surface area contributed by atoms with Gasteiger partial charge in [0, 0.05) is 5.92 Å². The predicted molar refractivity (Wildman–Crippen MR) is 66.9 cm³/mol. The Morgan fingerprint density at radius 3 is 2.61 bits per heavy atom. The average molecular weight is 247 g/mol. The van der Waals surface area contributed by atoms with Crippen molar-refractivity contribution in [2.45, 2.75) is 25.3 Å². The lowest BCUT2D eigenvalue weighted by Crippen LogP contribution is -2.40. The third-order valence-corrected chi connectivity index (χ3v) is 3.27. The molecular weight excluding hydrogens is 230 g/mol. The highest BCUT2D eigenvalue weighted by molar-refractivity contribution is 5.87. The summed E-state index contributed by atoms with van der Waals surface area (Å²) < 4.78 is 4.57. The molecule has 1 saturated carbocycles. The molecule has 0 heterocycles. The number of hydrogen-bond donors (Lipinski definition) is 1. The van der Waals surface area contributed by atoms with Crippen LogP contribution in [0.1, 0.15) is 24.8 Å². The highest BCUT2D eigenvalue weighted by Gasteiger charge is 2.44. The summed E-state index contributed by atoms with van der Waals surface area (Å²) in [7, 11) is 1.31. The second-order valence-electron chi connectivity index (χ2n) is 4.61. The standard InChI is InChI=1S/C14H17NO3/c1-9(14(17)18-2)15-13(16)12-8-11(12)10-6-4-3-5-7-10/h3-7,9,11-12H,8H2,1-2H3,(H,15,16). The van der Waals surface area contributed by atoms with Gasteiger partial charge >= 0.3 is 5.97 Å². The van der Waals surface area contributed by atoms with Crippen LogP contribution in [-0.2, 0) is 14.3 Å². The minimum Gasteiger partial charge on any atom is -0.467 e. The van der Waals surface area contributed by atoms with E-state index in [0.29, 0.717) is 0 Å². The Hall–Kier alpha value is -1.84. The lowest BCUT2D eigenvalue weighted by atomic mass is 10.1. The summed E-state index contributed by atoms with van der Waals surface area (Å²) in [5.74, 6) is -0.211. The maximum absolute atomic E-state index is 11.9. The van der Waals surface area contributed by atoms with Crippen LogP contribution in [-0.4, -0.2) is 25.0 Å². The van der Waals surface area contributed by atoms with Gasteiger partial charge in [0.15, 0.2) is 0 Å². The number of methoxy groups -OCH3 is 1. The Balaban J connectivity index is 1.88. The van der Waals surface area contributed by atoms with Crippen LogP contribution in [0.3, 0.4) is 0 Å². The van der Waals surface area contributed by atoms with Gasteiger partial charge < -0.3 is 10.1 Å². The minimum absolute atomic E-state index is 0.0143. The SMILES string of the molecule is COC(=O)C(C)NC(=O)C1CC1c1ccccc1. The van der Waals surface area contributed by atoms with Crippen molar-refractivity contribution >= 4 is 11.9 Å². The molecule has 3 unspecified atom stereocenters. The van der Waals surface area contributed by atoms with Crippen LogP contribution >= 0.6 is 0 Å². The van der Waals surface area contributed by atoms with Gasteiger partial charge in [-0.2, -0.15) is 0 Å². The minimum atomic E-state index is -0.584. The summed E-state index contributed by atoms with van der Waals surface area (Å²) in [4.78, 5) is 23.1. The van der Waals surface area contributed by atoms with Gasteiger partial charge in [-0.1, -0.05) is 30.3 Å². The Morgan fingerprint density at radius 2 is 2.00 bits per heavy atom. The van der Waals surface area contributed by atoms with Gasteiger partial charge in [-0.05, 0) is 24.8 Å². The van der Waals surface area contributed by atoms with Crippen molar-refractivity contribution in [3.05, 3.63) is 35.9 Å². The van der Waals surface area contributed by atoms with Crippen molar-refractivity contribution < 1.29 is 14.3 Å². The Morgan fingerprint density at radius 1 is 1.33 bits per heavy atom. The van der Waals surface area contributed by atoms with Crippen LogP contribution in [0.5, 0.6) is 0 Å². The number of ether oxygens (including phenoxy) is 1. The quantitative estimate of drug-likeness (QED) is 0.820. The predicted octanol–water partition coefficient (Wildman–Crippen LogP) is 1.47. The van der Waals surface area contributed by atoms with Crippen LogP contribution in [0.2, 0.25) is 0 Å². The van der Waals surface area contributed by atoms with Crippen LogP contribution in [0, 0.1) is 5.92 Å². The Bertz CT molecular complexity index is 444.